The molecule has 4 rings (SSSR count). The lowest BCUT2D eigenvalue weighted by molar-refractivity contribution is -0.206. The van der Waals surface area contributed by atoms with Crippen LogP contribution in [0.4, 0.5) is 0 Å². The largest absolute Gasteiger partial charge is 0.290 e. The number of nitrogens with zero attached hydrogens (tertiary/aromatic N) is 1. The van der Waals surface area contributed by atoms with Gasteiger partial charge in [0.2, 0.25) is 0 Å². The first-order chi connectivity index (χ1) is 13.2. The Morgan fingerprint density at radius 1 is 1.04 bits per heavy atom. The smallest absolute Gasteiger partial charge is 0.102 e. The van der Waals surface area contributed by atoms with Crippen LogP contribution in [0.25, 0.3) is 6.08 Å². The highest BCUT2D eigenvalue weighted by molar-refractivity contribution is 5.56. The average Bonchev–Trinajstić information content (AvgIpc) is 3.22. The molecule has 2 aromatic carbocycles. The molecule has 2 nitrogen and oxygen atoms in total. The Bertz CT molecular complexity index is 769. The normalized spacial score (nSPS) is 29.3. The van der Waals surface area contributed by atoms with E-state index in [2.05, 4.69) is 85.7 Å². The van der Waals surface area contributed by atoms with Gasteiger partial charge in [0, 0.05) is 0 Å². The Kier molecular flexibility index (Phi) is 5.47. The van der Waals surface area contributed by atoms with Gasteiger partial charge in [0.1, 0.15) is 6.10 Å². The summed E-state index contributed by atoms with van der Waals surface area (Å²) in [6, 6.07) is 22.0. The summed E-state index contributed by atoms with van der Waals surface area (Å²) in [6.45, 7) is 4.61. The molecule has 2 aliphatic heterocycles. The van der Waals surface area contributed by atoms with Crippen LogP contribution in [0, 0.1) is 0 Å². The van der Waals surface area contributed by atoms with Gasteiger partial charge in [-0.15, -0.1) is 0 Å². The minimum Gasteiger partial charge on any atom is -0.290 e. The van der Waals surface area contributed by atoms with Gasteiger partial charge >= 0.3 is 0 Å². The highest BCUT2D eigenvalue weighted by Crippen LogP contribution is 2.50. The number of hydrogen-bond acceptors (Lipinski definition) is 2. The fourth-order valence-corrected chi connectivity index (χ4v) is 4.69. The molecule has 0 unspecified atom stereocenters. The van der Waals surface area contributed by atoms with Gasteiger partial charge in [-0.2, -0.15) is 5.06 Å². The highest BCUT2D eigenvalue weighted by Gasteiger charge is 2.52. The van der Waals surface area contributed by atoms with Crippen molar-refractivity contribution < 1.29 is 4.84 Å². The minimum atomic E-state index is -0.0405. The number of unbranched alkanes of at least 4 members (excludes halogenated alkanes) is 2. The van der Waals surface area contributed by atoms with Crippen molar-refractivity contribution in [3.63, 3.8) is 0 Å². The van der Waals surface area contributed by atoms with Gasteiger partial charge in [-0.1, -0.05) is 92.9 Å². The molecule has 0 bridgehead atoms. The van der Waals surface area contributed by atoms with E-state index in [9.17, 15) is 0 Å². The Morgan fingerprint density at radius 3 is 2.44 bits per heavy atom. The maximum atomic E-state index is 6.65. The molecule has 0 radical (unpaired) electrons. The van der Waals surface area contributed by atoms with Crippen LogP contribution in [0.5, 0.6) is 0 Å². The number of fused-ring (bicyclic) bond motifs is 1. The van der Waals surface area contributed by atoms with Gasteiger partial charge in [-0.05, 0) is 42.9 Å². The summed E-state index contributed by atoms with van der Waals surface area (Å²) in [5.74, 6) is 0. The molecule has 2 heterocycles. The molecule has 2 saturated heterocycles. The molecule has 27 heavy (non-hydrogen) atoms. The maximum absolute atomic E-state index is 6.65. The molecule has 142 valence electrons. The van der Waals surface area contributed by atoms with E-state index < -0.39 is 0 Å². The van der Waals surface area contributed by atoms with Crippen molar-refractivity contribution in [1.29, 1.82) is 0 Å². The van der Waals surface area contributed by atoms with E-state index in [1.165, 1.54) is 36.0 Å². The lowest BCUT2D eigenvalue weighted by Crippen LogP contribution is -2.39. The van der Waals surface area contributed by atoms with Gasteiger partial charge < -0.3 is 0 Å². The van der Waals surface area contributed by atoms with Gasteiger partial charge in [-0.25, -0.2) is 0 Å². The molecule has 2 fully saturated rings. The van der Waals surface area contributed by atoms with Crippen molar-refractivity contribution in [1.82, 2.24) is 5.06 Å². The maximum Gasteiger partial charge on any atom is 0.102 e. The summed E-state index contributed by atoms with van der Waals surface area (Å²) in [6.07, 6.45) is 9.77. The SMILES string of the molecule is CCCCC[C@@H]1ON2[C@@H](CC[C@]2(C)c2ccccc2)/C1=C\c1ccccc1. The summed E-state index contributed by atoms with van der Waals surface area (Å²) in [5, 5.41) is 2.33. The van der Waals surface area contributed by atoms with Gasteiger partial charge in [0.15, 0.2) is 0 Å². The zero-order valence-electron chi connectivity index (χ0n) is 16.6. The van der Waals surface area contributed by atoms with Crippen molar-refractivity contribution in [2.75, 3.05) is 0 Å². The first kappa shape index (κ1) is 18.5. The van der Waals surface area contributed by atoms with Crippen LogP contribution in [0.3, 0.4) is 0 Å². The van der Waals surface area contributed by atoms with E-state index in [4.69, 9.17) is 4.84 Å². The molecular formula is C25H31NO. The van der Waals surface area contributed by atoms with Crippen LogP contribution in [-0.4, -0.2) is 17.2 Å². The summed E-state index contributed by atoms with van der Waals surface area (Å²) in [5.41, 5.74) is 4.07. The molecule has 3 atom stereocenters. The van der Waals surface area contributed by atoms with Crippen LogP contribution < -0.4 is 0 Å². The van der Waals surface area contributed by atoms with Gasteiger partial charge in [0.25, 0.3) is 0 Å². The monoisotopic (exact) mass is 361 g/mol. The fourth-order valence-electron chi connectivity index (χ4n) is 4.69. The third kappa shape index (κ3) is 3.61. The molecule has 2 aliphatic rings. The topological polar surface area (TPSA) is 12.5 Å². The molecule has 0 spiro atoms. The quantitative estimate of drug-likeness (QED) is 0.556. The standard InChI is InChI=1S/C25H31NO/c1-3-4-7-16-24-22(19-20-12-8-5-9-13-20)23-17-18-25(2,26(23)27-24)21-14-10-6-11-15-21/h5-6,8-15,19,23-24H,3-4,7,16-18H2,1-2H3/b22-19+/t23-,24-,25+/m0/s1. The molecule has 0 aromatic heterocycles. The third-order valence-corrected chi connectivity index (χ3v) is 6.27. The Hall–Kier alpha value is -1.90. The summed E-state index contributed by atoms with van der Waals surface area (Å²) in [7, 11) is 0. The van der Waals surface area contributed by atoms with E-state index in [1.54, 1.807) is 0 Å². The lowest BCUT2D eigenvalue weighted by atomic mass is 9.90. The zero-order chi connectivity index (χ0) is 18.7. The fraction of sp³-hybridized carbons (Fsp3) is 0.440. The molecular weight excluding hydrogens is 330 g/mol. The van der Waals surface area contributed by atoms with Crippen molar-refractivity contribution in [3.8, 4) is 0 Å². The lowest BCUT2D eigenvalue weighted by Gasteiger charge is -2.34. The predicted octanol–water partition coefficient (Wildman–Crippen LogP) is 6.34. The van der Waals surface area contributed by atoms with Crippen molar-refractivity contribution in [3.05, 3.63) is 77.4 Å². The molecule has 0 aliphatic carbocycles. The number of hydroxylamine groups is 2. The van der Waals surface area contributed by atoms with E-state index in [0.717, 1.165) is 19.3 Å². The second kappa shape index (κ2) is 8.00. The first-order valence-electron chi connectivity index (χ1n) is 10.5. The second-order valence-corrected chi connectivity index (χ2v) is 8.17. The Balaban J connectivity index is 1.65. The Morgan fingerprint density at radius 2 is 1.74 bits per heavy atom. The van der Waals surface area contributed by atoms with E-state index in [0.29, 0.717) is 6.04 Å². The van der Waals surface area contributed by atoms with Crippen LogP contribution in [0.2, 0.25) is 0 Å². The third-order valence-electron chi connectivity index (χ3n) is 6.27. The van der Waals surface area contributed by atoms with Gasteiger partial charge in [0.05, 0.1) is 11.6 Å². The highest BCUT2D eigenvalue weighted by atomic mass is 16.7. The molecule has 2 heteroatoms. The van der Waals surface area contributed by atoms with Crippen molar-refractivity contribution in [2.24, 2.45) is 0 Å². The molecule has 0 amide bonds. The summed E-state index contributed by atoms with van der Waals surface area (Å²) in [4.78, 5) is 6.65. The van der Waals surface area contributed by atoms with Gasteiger partial charge in [-0.3, -0.25) is 4.84 Å². The molecule has 2 aromatic rings. The van der Waals surface area contributed by atoms with Crippen LogP contribution in [-0.2, 0) is 10.4 Å². The van der Waals surface area contributed by atoms with E-state index in [-0.39, 0.29) is 11.6 Å². The van der Waals surface area contributed by atoms with Crippen LogP contribution in [0.15, 0.2) is 66.2 Å². The molecule has 0 N–H and O–H groups in total. The number of rotatable bonds is 6. The van der Waals surface area contributed by atoms with Crippen molar-refractivity contribution >= 4 is 6.08 Å². The van der Waals surface area contributed by atoms with Crippen LogP contribution >= 0.6 is 0 Å². The average molecular weight is 362 g/mol. The number of hydrogen-bond donors (Lipinski definition) is 0. The first-order valence-corrected chi connectivity index (χ1v) is 10.5. The minimum absolute atomic E-state index is 0.0405. The summed E-state index contributed by atoms with van der Waals surface area (Å²) < 4.78 is 0. The predicted molar refractivity (Wildman–Crippen MR) is 112 cm³/mol. The van der Waals surface area contributed by atoms with E-state index >= 15 is 0 Å². The number of benzene rings is 2. The zero-order valence-corrected chi connectivity index (χ0v) is 16.6. The second-order valence-electron chi connectivity index (χ2n) is 8.17. The molecule has 0 saturated carbocycles. The summed E-state index contributed by atoms with van der Waals surface area (Å²) >= 11 is 0. The Labute approximate surface area is 163 Å². The van der Waals surface area contributed by atoms with Crippen LogP contribution in [0.1, 0.15) is 63.5 Å². The van der Waals surface area contributed by atoms with E-state index in [1.807, 2.05) is 0 Å². The van der Waals surface area contributed by atoms with Crippen molar-refractivity contribution in [2.45, 2.75) is 70.1 Å².